The van der Waals surface area contributed by atoms with Gasteiger partial charge in [-0.15, -0.1) is 0 Å². The third kappa shape index (κ3) is 7.15. The molecule has 0 aliphatic carbocycles. The lowest BCUT2D eigenvalue weighted by Gasteiger charge is -2.34. The molecular formula is C30H35N5O5. The number of rotatable bonds is 7. The van der Waals surface area contributed by atoms with Gasteiger partial charge in [-0.25, -0.2) is 4.79 Å². The van der Waals surface area contributed by atoms with E-state index < -0.39 is 12.1 Å². The first kappa shape index (κ1) is 28.6. The van der Waals surface area contributed by atoms with Crippen molar-refractivity contribution >= 4 is 29.2 Å². The van der Waals surface area contributed by atoms with Gasteiger partial charge in [-0.2, -0.15) is 0 Å². The number of hydrogen-bond acceptors (Lipinski definition) is 6. The van der Waals surface area contributed by atoms with Crippen LogP contribution in [0, 0.1) is 5.92 Å². The first-order chi connectivity index (χ1) is 19.2. The van der Waals surface area contributed by atoms with Gasteiger partial charge in [-0.3, -0.25) is 14.6 Å². The molecule has 0 unspecified atom stereocenters. The third-order valence-electron chi connectivity index (χ3n) is 6.94. The van der Waals surface area contributed by atoms with Crippen molar-refractivity contribution in [3.63, 3.8) is 0 Å². The average molecular weight is 546 g/mol. The molecule has 4 rings (SSSR count). The smallest absolute Gasteiger partial charge is 0.321 e. The molecule has 0 bridgehead atoms. The number of amides is 4. The number of aliphatic hydroxyl groups excluding tert-OH is 1. The van der Waals surface area contributed by atoms with Gasteiger partial charge < -0.3 is 30.3 Å². The summed E-state index contributed by atoms with van der Waals surface area (Å²) in [7, 11) is 1.69. The van der Waals surface area contributed by atoms with Gasteiger partial charge in [-0.05, 0) is 49.4 Å². The Bertz CT molecular complexity index is 1320. The van der Waals surface area contributed by atoms with E-state index in [1.165, 1.54) is 0 Å². The number of nitrogens with zero attached hydrogens (tertiary/aromatic N) is 3. The second-order valence-electron chi connectivity index (χ2n) is 10.1. The Morgan fingerprint density at radius 3 is 2.52 bits per heavy atom. The van der Waals surface area contributed by atoms with Crippen LogP contribution in [0.1, 0.15) is 29.8 Å². The zero-order valence-electron chi connectivity index (χ0n) is 22.9. The van der Waals surface area contributed by atoms with E-state index in [1.807, 2.05) is 37.3 Å². The molecule has 1 aromatic heterocycles. The van der Waals surface area contributed by atoms with Crippen LogP contribution < -0.4 is 15.4 Å². The minimum Gasteiger partial charge on any atom is -0.488 e. The number of nitrogens with one attached hydrogen (secondary N) is 2. The van der Waals surface area contributed by atoms with E-state index >= 15 is 0 Å². The number of carbonyl (C=O) groups is 3. The number of likely N-dealkylation sites (N-methyl/N-ethyl adjacent to an activating group) is 1. The van der Waals surface area contributed by atoms with Gasteiger partial charge in [0.25, 0.3) is 5.91 Å². The molecule has 0 radical (unpaired) electrons. The van der Waals surface area contributed by atoms with Crippen molar-refractivity contribution in [3.05, 3.63) is 84.2 Å². The summed E-state index contributed by atoms with van der Waals surface area (Å²) in [4.78, 5) is 46.2. The molecule has 0 saturated carbocycles. The fourth-order valence-corrected chi connectivity index (χ4v) is 4.52. The van der Waals surface area contributed by atoms with Gasteiger partial charge in [0.1, 0.15) is 11.9 Å². The monoisotopic (exact) mass is 545 g/mol. The lowest BCUT2D eigenvalue weighted by molar-refractivity contribution is -0.134. The van der Waals surface area contributed by atoms with Gasteiger partial charge in [0.15, 0.2) is 0 Å². The number of fused-ring (bicyclic) bond motifs is 1. The lowest BCUT2D eigenvalue weighted by atomic mass is 10.0. The Balaban J connectivity index is 1.59. The van der Waals surface area contributed by atoms with E-state index in [4.69, 9.17) is 4.74 Å². The van der Waals surface area contributed by atoms with E-state index in [0.717, 1.165) is 0 Å². The van der Waals surface area contributed by atoms with Gasteiger partial charge in [0, 0.05) is 54.4 Å². The molecular weight excluding hydrogens is 510 g/mol. The number of aromatic nitrogens is 1. The quantitative estimate of drug-likeness (QED) is 0.416. The molecule has 0 spiro atoms. The zero-order valence-corrected chi connectivity index (χ0v) is 22.9. The lowest BCUT2D eigenvalue weighted by Crippen LogP contribution is -2.48. The molecule has 3 aromatic rings. The molecule has 2 aromatic carbocycles. The van der Waals surface area contributed by atoms with Crippen LogP contribution in [0.25, 0.3) is 0 Å². The number of urea groups is 1. The largest absolute Gasteiger partial charge is 0.488 e. The highest BCUT2D eigenvalue weighted by Crippen LogP contribution is 2.29. The van der Waals surface area contributed by atoms with Gasteiger partial charge >= 0.3 is 6.03 Å². The fourth-order valence-electron chi connectivity index (χ4n) is 4.52. The summed E-state index contributed by atoms with van der Waals surface area (Å²) in [5.41, 5.74) is 2.26. The molecule has 0 fully saturated rings. The van der Waals surface area contributed by atoms with Crippen molar-refractivity contribution in [2.24, 2.45) is 5.92 Å². The minimum absolute atomic E-state index is 0.0302. The minimum atomic E-state index is -0.457. The molecule has 10 nitrogen and oxygen atoms in total. The first-order valence-corrected chi connectivity index (χ1v) is 13.2. The Morgan fingerprint density at radius 1 is 1.10 bits per heavy atom. The van der Waals surface area contributed by atoms with Crippen molar-refractivity contribution in [2.75, 3.05) is 37.4 Å². The van der Waals surface area contributed by atoms with Crippen molar-refractivity contribution in [3.8, 4) is 5.75 Å². The second kappa shape index (κ2) is 13.1. The van der Waals surface area contributed by atoms with E-state index in [0.29, 0.717) is 34.8 Å². The number of ether oxygens (including phenoxy) is 1. The molecule has 1 aliphatic rings. The molecule has 3 atom stereocenters. The summed E-state index contributed by atoms with van der Waals surface area (Å²) in [5.74, 6) is -0.123. The molecule has 10 heteroatoms. The van der Waals surface area contributed by atoms with E-state index in [-0.39, 0.29) is 43.3 Å². The molecule has 3 N–H and O–H groups in total. The number of pyridine rings is 1. The number of para-hydroxylation sites is 1. The molecule has 210 valence electrons. The standard InChI is InChI=1S/C30H35N5O5/c1-20-17-35(21(2)19-36)28(37)16-23-15-25(32-29(38)22-11-13-31-14-12-22)9-10-26(23)40-27(20)18-34(3)30(39)33-24-7-5-4-6-8-24/h4-15,20-21,27,36H,16-19H2,1-3H3,(H,32,38)(H,33,39)/t20-,21-,27+/m0/s1. The van der Waals surface area contributed by atoms with E-state index in [2.05, 4.69) is 15.6 Å². The van der Waals surface area contributed by atoms with Crippen LogP contribution in [-0.2, 0) is 11.2 Å². The predicted molar refractivity (Wildman–Crippen MR) is 152 cm³/mol. The molecule has 4 amide bonds. The SMILES string of the molecule is C[C@H]1CN([C@@H](C)CO)C(=O)Cc2cc(NC(=O)c3ccncc3)ccc2O[C@@H]1CN(C)C(=O)Nc1ccccc1. The van der Waals surface area contributed by atoms with Crippen molar-refractivity contribution in [2.45, 2.75) is 32.4 Å². The van der Waals surface area contributed by atoms with Crippen molar-refractivity contribution < 1.29 is 24.2 Å². The zero-order chi connectivity index (χ0) is 28.6. The maximum Gasteiger partial charge on any atom is 0.321 e. The van der Waals surface area contributed by atoms with Crippen LogP contribution in [0.3, 0.4) is 0 Å². The molecule has 2 heterocycles. The highest BCUT2D eigenvalue weighted by Gasteiger charge is 2.32. The van der Waals surface area contributed by atoms with Crippen LogP contribution in [0.15, 0.2) is 73.1 Å². The summed E-state index contributed by atoms with van der Waals surface area (Å²) in [6.07, 6.45) is 2.66. The van der Waals surface area contributed by atoms with E-state index in [9.17, 15) is 19.5 Å². The molecule has 1 aliphatic heterocycles. The topological polar surface area (TPSA) is 124 Å². The third-order valence-corrected chi connectivity index (χ3v) is 6.94. The van der Waals surface area contributed by atoms with Gasteiger partial charge in [0.2, 0.25) is 5.91 Å². The maximum absolute atomic E-state index is 13.4. The highest BCUT2D eigenvalue weighted by molar-refractivity contribution is 6.04. The number of hydrogen-bond donors (Lipinski definition) is 3. The van der Waals surface area contributed by atoms with Crippen molar-refractivity contribution in [1.82, 2.24) is 14.8 Å². The number of anilines is 2. The van der Waals surface area contributed by atoms with E-state index in [1.54, 1.807) is 66.5 Å². The van der Waals surface area contributed by atoms with Crippen LogP contribution >= 0.6 is 0 Å². The van der Waals surface area contributed by atoms with Crippen LogP contribution in [0.4, 0.5) is 16.2 Å². The second-order valence-corrected chi connectivity index (χ2v) is 10.1. The highest BCUT2D eigenvalue weighted by atomic mass is 16.5. The van der Waals surface area contributed by atoms with Gasteiger partial charge in [0.05, 0.1) is 25.6 Å². The number of benzene rings is 2. The Hall–Kier alpha value is -4.44. The van der Waals surface area contributed by atoms with Crippen LogP contribution in [-0.4, -0.2) is 76.6 Å². The van der Waals surface area contributed by atoms with Crippen LogP contribution in [0.2, 0.25) is 0 Å². The first-order valence-electron chi connectivity index (χ1n) is 13.2. The molecule has 0 saturated heterocycles. The Morgan fingerprint density at radius 2 is 1.82 bits per heavy atom. The Labute approximate surface area is 234 Å². The number of carbonyl (C=O) groups excluding carboxylic acids is 3. The van der Waals surface area contributed by atoms with Crippen LogP contribution in [0.5, 0.6) is 5.75 Å². The summed E-state index contributed by atoms with van der Waals surface area (Å²) >= 11 is 0. The average Bonchev–Trinajstić information content (AvgIpc) is 3.01. The van der Waals surface area contributed by atoms with Crippen molar-refractivity contribution in [1.29, 1.82) is 0 Å². The van der Waals surface area contributed by atoms with Gasteiger partial charge in [-0.1, -0.05) is 25.1 Å². The normalized spacial score (nSPS) is 17.8. The Kier molecular flexibility index (Phi) is 9.34. The summed E-state index contributed by atoms with van der Waals surface area (Å²) in [5, 5.41) is 15.6. The summed E-state index contributed by atoms with van der Waals surface area (Å²) < 4.78 is 6.47. The fraction of sp³-hybridized carbons (Fsp3) is 0.333. The summed E-state index contributed by atoms with van der Waals surface area (Å²) in [6.45, 7) is 4.18. The maximum atomic E-state index is 13.4. The number of aliphatic hydroxyl groups is 1. The predicted octanol–water partition coefficient (Wildman–Crippen LogP) is 3.65. The molecule has 40 heavy (non-hydrogen) atoms. The summed E-state index contributed by atoms with van der Waals surface area (Å²) in [6, 6.07) is 16.9.